The molecule has 0 spiro atoms. The largest absolute Gasteiger partial charge is 0.481 e. The van der Waals surface area contributed by atoms with Crippen LogP contribution in [0.5, 0.6) is 11.5 Å². The van der Waals surface area contributed by atoms with Crippen molar-refractivity contribution in [2.45, 2.75) is 57.5 Å². The summed E-state index contributed by atoms with van der Waals surface area (Å²) in [6.45, 7) is 2.67. The minimum atomic E-state index is -0.798. The minimum Gasteiger partial charge on any atom is -0.481 e. The molecule has 0 radical (unpaired) electrons. The summed E-state index contributed by atoms with van der Waals surface area (Å²) in [7, 11) is 0. The molecule has 0 atom stereocenters. The van der Waals surface area contributed by atoms with Crippen LogP contribution < -0.4 is 9.47 Å². The van der Waals surface area contributed by atoms with Crippen molar-refractivity contribution >= 4 is 29.8 Å². The molecule has 3 rings (SSSR count). The molecule has 36 heavy (non-hydrogen) atoms. The van der Waals surface area contributed by atoms with Gasteiger partial charge in [0.15, 0.2) is 6.61 Å². The Bertz CT molecular complexity index is 967. The van der Waals surface area contributed by atoms with Crippen LogP contribution in [0.4, 0.5) is 0 Å². The van der Waals surface area contributed by atoms with Crippen LogP contribution in [0.3, 0.4) is 0 Å². The number of carbonyl (C=O) groups excluding carboxylic acids is 4. The summed E-state index contributed by atoms with van der Waals surface area (Å²) in [5.74, 6) is -3.45. The second-order valence-corrected chi connectivity index (χ2v) is 8.98. The predicted octanol–water partition coefficient (Wildman–Crippen LogP) is 3.22. The highest BCUT2D eigenvalue weighted by molar-refractivity contribution is 5.84. The topological polar surface area (TPSA) is 142 Å². The van der Waals surface area contributed by atoms with E-state index in [0.29, 0.717) is 51.4 Å². The maximum atomic E-state index is 12.6. The maximum absolute atomic E-state index is 12.6. The second-order valence-electron chi connectivity index (χ2n) is 8.98. The van der Waals surface area contributed by atoms with Crippen LogP contribution in [0.25, 0.3) is 0 Å². The number of carboxylic acids is 1. The van der Waals surface area contributed by atoms with Crippen LogP contribution in [0.1, 0.15) is 51.4 Å². The summed E-state index contributed by atoms with van der Waals surface area (Å²) >= 11 is 0. The smallest absolute Gasteiger partial charge is 0.349 e. The first-order valence-corrected chi connectivity index (χ1v) is 12.0. The highest BCUT2D eigenvalue weighted by atomic mass is 16.6. The van der Waals surface area contributed by atoms with Gasteiger partial charge in [-0.25, -0.2) is 9.59 Å². The van der Waals surface area contributed by atoms with Crippen LogP contribution in [0.2, 0.25) is 0 Å². The highest BCUT2D eigenvalue weighted by Gasteiger charge is 2.34. The molecule has 0 bridgehead atoms. The fraction of sp³-hybridized carbons (Fsp3) is 0.500. The normalized spacial score (nSPS) is 23.6. The van der Waals surface area contributed by atoms with Gasteiger partial charge in [0.05, 0.1) is 17.8 Å². The van der Waals surface area contributed by atoms with Crippen molar-refractivity contribution in [3.8, 4) is 11.5 Å². The van der Waals surface area contributed by atoms with Crippen LogP contribution in [-0.2, 0) is 33.4 Å². The Balaban J connectivity index is 1.38. The molecule has 0 aromatic heterocycles. The average Bonchev–Trinajstić information content (AvgIpc) is 2.88. The molecule has 2 aliphatic carbocycles. The average molecular weight is 503 g/mol. The third kappa shape index (κ3) is 7.93. The monoisotopic (exact) mass is 502 g/mol. The molecule has 0 amide bonds. The van der Waals surface area contributed by atoms with Gasteiger partial charge in [0, 0.05) is 6.08 Å². The van der Waals surface area contributed by atoms with E-state index in [1.165, 1.54) is 24.3 Å². The summed E-state index contributed by atoms with van der Waals surface area (Å²) in [6, 6.07) is 5.87. The number of hydrogen-bond donors (Lipinski definition) is 1. The molecule has 1 N–H and O–H groups in total. The molecule has 0 unspecified atom stereocenters. The molecule has 194 valence electrons. The first-order valence-electron chi connectivity index (χ1n) is 12.0. The van der Waals surface area contributed by atoms with Crippen LogP contribution >= 0.6 is 0 Å². The molecule has 2 fully saturated rings. The lowest BCUT2D eigenvalue weighted by molar-refractivity contribution is -0.159. The lowest BCUT2D eigenvalue weighted by Crippen LogP contribution is -2.33. The lowest BCUT2D eigenvalue weighted by atomic mass is 9.82. The van der Waals surface area contributed by atoms with Gasteiger partial charge in [-0.1, -0.05) is 6.58 Å². The van der Waals surface area contributed by atoms with Gasteiger partial charge in [0.25, 0.3) is 0 Å². The Morgan fingerprint density at radius 2 is 1.28 bits per heavy atom. The Morgan fingerprint density at radius 1 is 0.778 bits per heavy atom. The number of aliphatic carboxylic acids is 1. The second kappa shape index (κ2) is 12.9. The van der Waals surface area contributed by atoms with Gasteiger partial charge in [0.1, 0.15) is 17.6 Å². The van der Waals surface area contributed by atoms with Crippen molar-refractivity contribution in [2.24, 2.45) is 17.8 Å². The van der Waals surface area contributed by atoms with Gasteiger partial charge in [-0.2, -0.15) is 0 Å². The van der Waals surface area contributed by atoms with E-state index >= 15 is 0 Å². The van der Waals surface area contributed by atoms with Crippen molar-refractivity contribution in [1.82, 2.24) is 0 Å². The molecule has 0 saturated heterocycles. The van der Waals surface area contributed by atoms with E-state index in [-0.39, 0.29) is 41.3 Å². The van der Waals surface area contributed by atoms with E-state index < -0.39 is 30.5 Å². The van der Waals surface area contributed by atoms with Gasteiger partial charge in [-0.15, -0.1) is 0 Å². The fourth-order valence-electron chi connectivity index (χ4n) is 4.38. The Kier molecular flexibility index (Phi) is 9.61. The molecule has 2 saturated carbocycles. The minimum absolute atomic E-state index is 0.199. The van der Waals surface area contributed by atoms with E-state index in [2.05, 4.69) is 11.3 Å². The Labute approximate surface area is 208 Å². The van der Waals surface area contributed by atoms with Gasteiger partial charge in [-0.05, 0) is 75.6 Å². The number of carbonyl (C=O) groups is 5. The molecular weight excluding hydrogens is 472 g/mol. The van der Waals surface area contributed by atoms with E-state index in [9.17, 15) is 24.0 Å². The molecule has 1 aromatic carbocycles. The van der Waals surface area contributed by atoms with Gasteiger partial charge in [-0.3, -0.25) is 14.4 Å². The number of rotatable bonds is 9. The SMILES string of the molecule is C=CC(=O)OCC(=O)Oc1ccc(OC(=O)C2CCC(C(=O)OC3CCC(C(=O)O)CC3)CC2)cc1. The summed E-state index contributed by atoms with van der Waals surface area (Å²) in [5.41, 5.74) is 0. The van der Waals surface area contributed by atoms with Crippen LogP contribution in [0, 0.1) is 17.8 Å². The van der Waals surface area contributed by atoms with Crippen molar-refractivity contribution in [3.63, 3.8) is 0 Å². The van der Waals surface area contributed by atoms with Crippen LogP contribution in [-0.4, -0.2) is 47.7 Å². The highest BCUT2D eigenvalue weighted by Crippen LogP contribution is 2.33. The molecule has 1 aromatic rings. The zero-order chi connectivity index (χ0) is 26.1. The predicted molar refractivity (Wildman–Crippen MR) is 124 cm³/mol. The zero-order valence-corrected chi connectivity index (χ0v) is 19.9. The summed E-state index contributed by atoms with van der Waals surface area (Å²) in [5, 5.41) is 9.08. The molecule has 2 aliphatic rings. The van der Waals surface area contributed by atoms with E-state index in [4.69, 9.17) is 19.3 Å². The van der Waals surface area contributed by atoms with E-state index in [1.807, 2.05) is 0 Å². The number of esters is 4. The molecule has 0 aliphatic heterocycles. The first kappa shape index (κ1) is 26.9. The Hall–Kier alpha value is -3.69. The van der Waals surface area contributed by atoms with Crippen LogP contribution in [0.15, 0.2) is 36.9 Å². The van der Waals surface area contributed by atoms with E-state index in [1.54, 1.807) is 0 Å². The van der Waals surface area contributed by atoms with E-state index in [0.717, 1.165) is 6.08 Å². The van der Waals surface area contributed by atoms with Crippen molar-refractivity contribution in [2.75, 3.05) is 6.61 Å². The van der Waals surface area contributed by atoms with Gasteiger partial charge in [0.2, 0.25) is 0 Å². The standard InChI is InChI=1S/C26H30O10/c1-2-22(27)33-15-23(28)34-19-11-13-21(14-12-19)36-26(32)18-5-3-17(4-6-18)25(31)35-20-9-7-16(8-10-20)24(29)30/h2,11-14,16-18,20H,1,3-10,15H2,(H,29,30). The number of carboxylic acid groups (broad SMARTS) is 1. The Morgan fingerprint density at radius 3 is 1.81 bits per heavy atom. The third-order valence-electron chi connectivity index (χ3n) is 6.47. The van der Waals surface area contributed by atoms with Crippen molar-refractivity contribution in [3.05, 3.63) is 36.9 Å². The first-order chi connectivity index (χ1) is 17.2. The summed E-state index contributed by atoms with van der Waals surface area (Å²) < 4.78 is 20.7. The summed E-state index contributed by atoms with van der Waals surface area (Å²) in [6.07, 6.45) is 4.90. The van der Waals surface area contributed by atoms with Crippen molar-refractivity contribution in [1.29, 1.82) is 0 Å². The quantitative estimate of drug-likeness (QED) is 0.304. The molecule has 10 heteroatoms. The summed E-state index contributed by atoms with van der Waals surface area (Å²) in [4.78, 5) is 58.8. The van der Waals surface area contributed by atoms with Crippen molar-refractivity contribution < 1.29 is 48.0 Å². The number of hydrogen-bond acceptors (Lipinski definition) is 9. The fourth-order valence-corrected chi connectivity index (χ4v) is 4.38. The molecular formula is C26H30O10. The number of benzene rings is 1. The molecule has 0 heterocycles. The lowest BCUT2D eigenvalue weighted by Gasteiger charge is -2.30. The van der Waals surface area contributed by atoms with Gasteiger partial charge >= 0.3 is 29.8 Å². The number of ether oxygens (including phenoxy) is 4. The van der Waals surface area contributed by atoms with Gasteiger partial charge < -0.3 is 24.1 Å². The third-order valence-corrected chi connectivity index (χ3v) is 6.47. The molecule has 10 nitrogen and oxygen atoms in total. The zero-order valence-electron chi connectivity index (χ0n) is 19.9. The maximum Gasteiger partial charge on any atom is 0.349 e.